The summed E-state index contributed by atoms with van der Waals surface area (Å²) in [5, 5.41) is 3.41. The molecule has 0 saturated heterocycles. The fraction of sp³-hybridized carbons (Fsp3) is 0.538. The molecule has 1 N–H and O–H groups in total. The fourth-order valence-corrected chi connectivity index (χ4v) is 2.40. The summed E-state index contributed by atoms with van der Waals surface area (Å²) >= 11 is 0. The first-order valence-corrected chi connectivity index (χ1v) is 5.70. The Balaban J connectivity index is 1.96. The molecular formula is C13H19N. The maximum Gasteiger partial charge on any atom is -0.00432 e. The highest BCUT2D eigenvalue weighted by Gasteiger charge is 2.20. The topological polar surface area (TPSA) is 12.0 Å². The Morgan fingerprint density at radius 2 is 2.21 bits per heavy atom. The predicted molar refractivity (Wildman–Crippen MR) is 60.7 cm³/mol. The van der Waals surface area contributed by atoms with Crippen molar-refractivity contribution in [1.29, 1.82) is 0 Å². The molecule has 0 heterocycles. The molecule has 1 aromatic rings. The molecule has 1 heteroatoms. The molecule has 14 heavy (non-hydrogen) atoms. The second-order valence-corrected chi connectivity index (χ2v) is 4.08. The van der Waals surface area contributed by atoms with E-state index in [1.165, 1.54) is 19.3 Å². The Kier molecular flexibility index (Phi) is 3.20. The summed E-state index contributed by atoms with van der Waals surface area (Å²) in [7, 11) is 0. The van der Waals surface area contributed by atoms with Crippen molar-refractivity contribution >= 4 is 0 Å². The maximum atomic E-state index is 3.41. The van der Waals surface area contributed by atoms with Crippen molar-refractivity contribution in [3.63, 3.8) is 0 Å². The molecule has 0 saturated carbocycles. The van der Waals surface area contributed by atoms with Crippen molar-refractivity contribution in [1.82, 2.24) is 5.32 Å². The van der Waals surface area contributed by atoms with Gasteiger partial charge in [0.15, 0.2) is 0 Å². The molecule has 0 unspecified atom stereocenters. The predicted octanol–water partition coefficient (Wildman–Crippen LogP) is 2.72. The van der Waals surface area contributed by atoms with E-state index in [-0.39, 0.29) is 0 Å². The zero-order valence-electron chi connectivity index (χ0n) is 8.92. The van der Waals surface area contributed by atoms with Gasteiger partial charge >= 0.3 is 0 Å². The number of benzene rings is 1. The Labute approximate surface area is 86.5 Å². The number of hydrogen-bond acceptors (Lipinski definition) is 1. The number of fused-ring (bicyclic) bond motifs is 1. The van der Waals surface area contributed by atoms with Crippen LogP contribution in [-0.2, 0) is 6.42 Å². The van der Waals surface area contributed by atoms with Crippen LogP contribution in [0, 0.1) is 0 Å². The highest BCUT2D eigenvalue weighted by atomic mass is 14.8. The molecule has 0 bridgehead atoms. The zero-order chi connectivity index (χ0) is 9.80. The van der Waals surface area contributed by atoms with E-state index in [2.05, 4.69) is 36.5 Å². The lowest BCUT2D eigenvalue weighted by atomic mass is 9.98. The van der Waals surface area contributed by atoms with Gasteiger partial charge in [-0.1, -0.05) is 31.2 Å². The van der Waals surface area contributed by atoms with Crippen LogP contribution in [0.25, 0.3) is 0 Å². The van der Waals surface area contributed by atoms with Gasteiger partial charge in [0, 0.05) is 0 Å². The molecule has 0 radical (unpaired) electrons. The summed E-state index contributed by atoms with van der Waals surface area (Å²) < 4.78 is 0. The molecule has 2 rings (SSSR count). The Morgan fingerprint density at radius 3 is 3.07 bits per heavy atom. The molecule has 1 atom stereocenters. The molecular weight excluding hydrogens is 170 g/mol. The van der Waals surface area contributed by atoms with Gasteiger partial charge in [-0.05, 0) is 49.4 Å². The fourth-order valence-electron chi connectivity index (χ4n) is 2.40. The first kappa shape index (κ1) is 9.72. The van der Waals surface area contributed by atoms with E-state index in [4.69, 9.17) is 0 Å². The smallest absolute Gasteiger partial charge is 0.00432 e. The van der Waals surface area contributed by atoms with Crippen molar-refractivity contribution in [3.8, 4) is 0 Å². The van der Waals surface area contributed by atoms with Gasteiger partial charge in [-0.3, -0.25) is 0 Å². The molecule has 76 valence electrons. The molecule has 0 fully saturated rings. The monoisotopic (exact) mass is 189 g/mol. The summed E-state index contributed by atoms with van der Waals surface area (Å²) in [6, 6.07) is 8.91. The minimum Gasteiger partial charge on any atom is -0.317 e. The standard InChI is InChI=1S/C13H19N/c1-2-14-10-9-12-8-7-11-5-3-4-6-13(11)12/h3-6,12,14H,2,7-10H2,1H3/t12-/m0/s1. The quantitative estimate of drug-likeness (QED) is 0.718. The molecule has 1 aromatic carbocycles. The summed E-state index contributed by atoms with van der Waals surface area (Å²) in [5.74, 6) is 0.810. The normalized spacial score (nSPS) is 19.6. The maximum absolute atomic E-state index is 3.41. The Bertz CT molecular complexity index is 293. The van der Waals surface area contributed by atoms with Crippen molar-refractivity contribution in [2.45, 2.75) is 32.1 Å². The third kappa shape index (κ3) is 1.98. The summed E-state index contributed by atoms with van der Waals surface area (Å²) in [4.78, 5) is 0. The van der Waals surface area contributed by atoms with Crippen molar-refractivity contribution < 1.29 is 0 Å². The average Bonchev–Trinajstić information content (AvgIpc) is 2.63. The molecule has 1 nitrogen and oxygen atoms in total. The van der Waals surface area contributed by atoms with E-state index in [1.54, 1.807) is 11.1 Å². The minimum atomic E-state index is 0.810. The van der Waals surface area contributed by atoms with Gasteiger partial charge in [0.05, 0.1) is 0 Å². The van der Waals surface area contributed by atoms with Crippen LogP contribution in [0.15, 0.2) is 24.3 Å². The number of hydrogen-bond donors (Lipinski definition) is 1. The van der Waals surface area contributed by atoms with E-state index < -0.39 is 0 Å². The molecule has 0 amide bonds. The van der Waals surface area contributed by atoms with E-state index in [9.17, 15) is 0 Å². The van der Waals surface area contributed by atoms with E-state index in [0.717, 1.165) is 19.0 Å². The van der Waals surface area contributed by atoms with Crippen LogP contribution in [-0.4, -0.2) is 13.1 Å². The first-order valence-electron chi connectivity index (χ1n) is 5.70. The van der Waals surface area contributed by atoms with Crippen LogP contribution in [0.1, 0.15) is 36.8 Å². The first-order chi connectivity index (χ1) is 6.92. The van der Waals surface area contributed by atoms with Crippen LogP contribution >= 0.6 is 0 Å². The number of rotatable bonds is 4. The van der Waals surface area contributed by atoms with Gasteiger partial charge in [-0.15, -0.1) is 0 Å². The largest absolute Gasteiger partial charge is 0.317 e. The van der Waals surface area contributed by atoms with Crippen molar-refractivity contribution in [3.05, 3.63) is 35.4 Å². The third-order valence-electron chi connectivity index (χ3n) is 3.18. The second-order valence-electron chi connectivity index (χ2n) is 4.08. The van der Waals surface area contributed by atoms with Gasteiger partial charge in [0.1, 0.15) is 0 Å². The summed E-state index contributed by atoms with van der Waals surface area (Å²) in [6.45, 7) is 4.42. The van der Waals surface area contributed by atoms with Crippen molar-refractivity contribution in [2.24, 2.45) is 0 Å². The third-order valence-corrected chi connectivity index (χ3v) is 3.18. The Morgan fingerprint density at radius 1 is 1.36 bits per heavy atom. The SMILES string of the molecule is CCNCC[C@@H]1CCc2ccccc21. The highest BCUT2D eigenvalue weighted by molar-refractivity contribution is 5.34. The molecule has 1 aliphatic carbocycles. The van der Waals surface area contributed by atoms with Crippen LogP contribution < -0.4 is 5.32 Å². The number of aryl methyl sites for hydroxylation is 1. The number of nitrogens with one attached hydrogen (secondary N) is 1. The highest BCUT2D eigenvalue weighted by Crippen LogP contribution is 2.34. The average molecular weight is 189 g/mol. The minimum absolute atomic E-state index is 0.810. The van der Waals surface area contributed by atoms with Gasteiger partial charge in [0.2, 0.25) is 0 Å². The van der Waals surface area contributed by atoms with E-state index >= 15 is 0 Å². The molecule has 1 aliphatic rings. The van der Waals surface area contributed by atoms with Crippen LogP contribution in [0.3, 0.4) is 0 Å². The second kappa shape index (κ2) is 4.61. The van der Waals surface area contributed by atoms with Crippen LogP contribution in [0.2, 0.25) is 0 Å². The van der Waals surface area contributed by atoms with Gasteiger partial charge in [-0.2, -0.15) is 0 Å². The lowest BCUT2D eigenvalue weighted by Gasteiger charge is -2.11. The summed E-state index contributed by atoms with van der Waals surface area (Å²) in [5.41, 5.74) is 3.18. The van der Waals surface area contributed by atoms with E-state index in [0.29, 0.717) is 0 Å². The van der Waals surface area contributed by atoms with E-state index in [1.807, 2.05) is 0 Å². The van der Waals surface area contributed by atoms with Crippen LogP contribution in [0.4, 0.5) is 0 Å². The van der Waals surface area contributed by atoms with Crippen molar-refractivity contribution in [2.75, 3.05) is 13.1 Å². The zero-order valence-corrected chi connectivity index (χ0v) is 8.92. The molecule has 0 aromatic heterocycles. The lowest BCUT2D eigenvalue weighted by molar-refractivity contribution is 0.573. The molecule has 0 spiro atoms. The van der Waals surface area contributed by atoms with Gasteiger partial charge < -0.3 is 5.32 Å². The van der Waals surface area contributed by atoms with Crippen LogP contribution in [0.5, 0.6) is 0 Å². The van der Waals surface area contributed by atoms with Gasteiger partial charge in [-0.25, -0.2) is 0 Å². The van der Waals surface area contributed by atoms with Gasteiger partial charge in [0.25, 0.3) is 0 Å². The molecule has 0 aliphatic heterocycles. The lowest BCUT2D eigenvalue weighted by Crippen LogP contribution is -2.16. The summed E-state index contributed by atoms with van der Waals surface area (Å²) in [6.07, 6.45) is 3.93. The Hall–Kier alpha value is -0.820.